The van der Waals surface area contributed by atoms with Crippen LogP contribution in [0.5, 0.6) is 0 Å². The number of likely N-dealkylation sites (N-methyl/N-ethyl adjacent to an activating group) is 1. The van der Waals surface area contributed by atoms with Gasteiger partial charge in [-0.2, -0.15) is 0 Å². The van der Waals surface area contributed by atoms with Gasteiger partial charge in [0.05, 0.1) is 6.61 Å². The van der Waals surface area contributed by atoms with E-state index in [0.717, 1.165) is 25.8 Å². The fourth-order valence-corrected chi connectivity index (χ4v) is 1.63. The van der Waals surface area contributed by atoms with Crippen LogP contribution >= 0.6 is 0 Å². The van der Waals surface area contributed by atoms with E-state index in [1.54, 1.807) is 0 Å². The van der Waals surface area contributed by atoms with E-state index >= 15 is 0 Å². The molecule has 1 saturated carbocycles. The minimum Gasteiger partial charge on any atom is -0.380 e. The van der Waals surface area contributed by atoms with E-state index in [4.69, 9.17) is 4.74 Å². The molecule has 1 aliphatic carbocycles. The largest absolute Gasteiger partial charge is 0.380 e. The van der Waals surface area contributed by atoms with Crippen LogP contribution in [0.15, 0.2) is 0 Å². The van der Waals surface area contributed by atoms with Crippen LogP contribution in [-0.4, -0.2) is 51.3 Å². The normalized spacial score (nSPS) is 15.9. The van der Waals surface area contributed by atoms with Crippen molar-refractivity contribution < 1.29 is 4.74 Å². The van der Waals surface area contributed by atoms with Gasteiger partial charge in [-0.1, -0.05) is 12.8 Å². The molecule has 0 aromatic rings. The van der Waals surface area contributed by atoms with Crippen molar-refractivity contribution >= 4 is 0 Å². The summed E-state index contributed by atoms with van der Waals surface area (Å²) in [4.78, 5) is 2.16. The minimum absolute atomic E-state index is 0.870. The second-order valence-electron chi connectivity index (χ2n) is 5.06. The van der Waals surface area contributed by atoms with Crippen LogP contribution < -0.4 is 5.32 Å². The monoisotopic (exact) mass is 228 g/mol. The standard InChI is InChI=1S/C13H28N2O/c1-15(2)10-12-16-11-6-4-3-5-9-14-13-7-8-13/h13-14H,3-12H2,1-2H3. The first-order valence-corrected chi connectivity index (χ1v) is 6.75. The number of rotatable bonds is 11. The van der Waals surface area contributed by atoms with Gasteiger partial charge in [-0.3, -0.25) is 0 Å². The van der Waals surface area contributed by atoms with Crippen LogP contribution in [0.25, 0.3) is 0 Å². The summed E-state index contributed by atoms with van der Waals surface area (Å²) in [7, 11) is 4.16. The second kappa shape index (κ2) is 8.97. The molecule has 0 spiro atoms. The third-order valence-corrected chi connectivity index (χ3v) is 2.91. The zero-order chi connectivity index (χ0) is 11.6. The zero-order valence-electron chi connectivity index (χ0n) is 11.0. The molecule has 1 aliphatic rings. The lowest BCUT2D eigenvalue weighted by molar-refractivity contribution is 0.114. The molecule has 1 rings (SSSR count). The predicted molar refractivity (Wildman–Crippen MR) is 68.9 cm³/mol. The van der Waals surface area contributed by atoms with Gasteiger partial charge in [0.2, 0.25) is 0 Å². The Bertz CT molecular complexity index is 148. The number of unbranched alkanes of at least 4 members (excludes halogenated alkanes) is 3. The fraction of sp³-hybridized carbons (Fsp3) is 1.00. The first kappa shape index (κ1) is 13.9. The lowest BCUT2D eigenvalue weighted by Crippen LogP contribution is -2.18. The molecule has 3 nitrogen and oxygen atoms in total. The van der Waals surface area contributed by atoms with Gasteiger partial charge in [0.1, 0.15) is 0 Å². The van der Waals surface area contributed by atoms with Crippen LogP contribution in [0.3, 0.4) is 0 Å². The van der Waals surface area contributed by atoms with Crippen LogP contribution in [0.2, 0.25) is 0 Å². The molecule has 0 aromatic carbocycles. The summed E-state index contributed by atoms with van der Waals surface area (Å²) in [5.74, 6) is 0. The van der Waals surface area contributed by atoms with Crippen LogP contribution in [0.1, 0.15) is 38.5 Å². The van der Waals surface area contributed by atoms with E-state index in [1.807, 2.05) is 0 Å². The molecule has 96 valence electrons. The molecular weight excluding hydrogens is 200 g/mol. The Morgan fingerprint density at radius 3 is 2.50 bits per heavy atom. The molecule has 0 bridgehead atoms. The van der Waals surface area contributed by atoms with E-state index in [1.165, 1.54) is 45.1 Å². The SMILES string of the molecule is CN(C)CCOCCCCCCNC1CC1. The van der Waals surface area contributed by atoms with Crippen LogP contribution in [0, 0.1) is 0 Å². The van der Waals surface area contributed by atoms with Gasteiger partial charge in [-0.05, 0) is 46.3 Å². The molecule has 0 heterocycles. The van der Waals surface area contributed by atoms with Crippen LogP contribution in [0.4, 0.5) is 0 Å². The second-order valence-corrected chi connectivity index (χ2v) is 5.06. The van der Waals surface area contributed by atoms with Gasteiger partial charge in [0, 0.05) is 19.2 Å². The summed E-state index contributed by atoms with van der Waals surface area (Å²) in [6.45, 7) is 4.05. The Labute approximate surface area is 101 Å². The van der Waals surface area contributed by atoms with Crippen molar-refractivity contribution in [1.82, 2.24) is 10.2 Å². The maximum absolute atomic E-state index is 5.54. The average molecular weight is 228 g/mol. The zero-order valence-corrected chi connectivity index (χ0v) is 11.0. The summed E-state index contributed by atoms with van der Waals surface area (Å²) < 4.78 is 5.54. The maximum atomic E-state index is 5.54. The van der Waals surface area contributed by atoms with Crippen LogP contribution in [-0.2, 0) is 4.74 Å². The quantitative estimate of drug-likeness (QED) is 0.546. The molecule has 0 aromatic heterocycles. The first-order chi connectivity index (χ1) is 7.79. The highest BCUT2D eigenvalue weighted by atomic mass is 16.5. The highest BCUT2D eigenvalue weighted by Crippen LogP contribution is 2.18. The molecule has 0 saturated heterocycles. The number of hydrogen-bond donors (Lipinski definition) is 1. The van der Waals surface area contributed by atoms with Gasteiger partial charge in [-0.15, -0.1) is 0 Å². The Balaban J connectivity index is 1.64. The molecule has 0 amide bonds. The summed E-state index contributed by atoms with van der Waals surface area (Å²) in [5.41, 5.74) is 0. The molecule has 0 unspecified atom stereocenters. The van der Waals surface area contributed by atoms with Gasteiger partial charge >= 0.3 is 0 Å². The topological polar surface area (TPSA) is 24.5 Å². The average Bonchev–Trinajstić information content (AvgIpc) is 3.04. The Kier molecular flexibility index (Phi) is 7.81. The minimum atomic E-state index is 0.870. The van der Waals surface area contributed by atoms with Crippen molar-refractivity contribution in [3.63, 3.8) is 0 Å². The van der Waals surface area contributed by atoms with Gasteiger partial charge < -0.3 is 15.0 Å². The Morgan fingerprint density at radius 2 is 1.81 bits per heavy atom. The summed E-state index contributed by atoms with van der Waals surface area (Å²) in [6, 6.07) is 0.870. The highest BCUT2D eigenvalue weighted by Gasteiger charge is 2.19. The fourth-order valence-electron chi connectivity index (χ4n) is 1.63. The van der Waals surface area contributed by atoms with E-state index in [-0.39, 0.29) is 0 Å². The third kappa shape index (κ3) is 9.13. The van der Waals surface area contributed by atoms with E-state index in [9.17, 15) is 0 Å². The maximum Gasteiger partial charge on any atom is 0.0593 e. The number of ether oxygens (including phenoxy) is 1. The number of nitrogens with zero attached hydrogens (tertiary/aromatic N) is 1. The van der Waals surface area contributed by atoms with Crippen molar-refractivity contribution in [1.29, 1.82) is 0 Å². The molecule has 0 radical (unpaired) electrons. The third-order valence-electron chi connectivity index (χ3n) is 2.91. The number of nitrogens with one attached hydrogen (secondary N) is 1. The molecule has 16 heavy (non-hydrogen) atoms. The van der Waals surface area contributed by atoms with Gasteiger partial charge in [0.15, 0.2) is 0 Å². The van der Waals surface area contributed by atoms with Gasteiger partial charge in [-0.25, -0.2) is 0 Å². The molecule has 0 aliphatic heterocycles. The van der Waals surface area contributed by atoms with E-state index < -0.39 is 0 Å². The molecule has 1 fully saturated rings. The van der Waals surface area contributed by atoms with Gasteiger partial charge in [0.25, 0.3) is 0 Å². The predicted octanol–water partition coefficient (Wildman–Crippen LogP) is 1.88. The lowest BCUT2D eigenvalue weighted by Gasteiger charge is -2.09. The Morgan fingerprint density at radius 1 is 1.06 bits per heavy atom. The Hall–Kier alpha value is -0.120. The summed E-state index contributed by atoms with van der Waals surface area (Å²) in [6.07, 6.45) is 8.01. The van der Waals surface area contributed by atoms with E-state index in [2.05, 4.69) is 24.3 Å². The van der Waals surface area contributed by atoms with Crippen molar-refractivity contribution in [2.24, 2.45) is 0 Å². The summed E-state index contributed by atoms with van der Waals surface area (Å²) >= 11 is 0. The summed E-state index contributed by atoms with van der Waals surface area (Å²) in [5, 5.41) is 3.54. The van der Waals surface area contributed by atoms with Crippen molar-refractivity contribution in [2.75, 3.05) is 40.4 Å². The van der Waals surface area contributed by atoms with Crippen molar-refractivity contribution in [3.05, 3.63) is 0 Å². The highest BCUT2D eigenvalue weighted by molar-refractivity contribution is 4.80. The number of hydrogen-bond acceptors (Lipinski definition) is 3. The molecule has 0 atom stereocenters. The van der Waals surface area contributed by atoms with E-state index in [0.29, 0.717) is 0 Å². The first-order valence-electron chi connectivity index (χ1n) is 6.75. The lowest BCUT2D eigenvalue weighted by atomic mass is 10.2. The molecule has 1 N–H and O–H groups in total. The van der Waals surface area contributed by atoms with Crippen molar-refractivity contribution in [3.8, 4) is 0 Å². The van der Waals surface area contributed by atoms with Crippen molar-refractivity contribution in [2.45, 2.75) is 44.6 Å². The molecule has 3 heteroatoms. The smallest absolute Gasteiger partial charge is 0.0593 e. The molecular formula is C13H28N2O.